The van der Waals surface area contributed by atoms with Crippen LogP contribution < -0.4 is 5.32 Å². The van der Waals surface area contributed by atoms with Gasteiger partial charge in [0.05, 0.1) is 6.04 Å². The number of likely N-dealkylation sites (tertiary alicyclic amines) is 1. The molecule has 1 aliphatic heterocycles. The van der Waals surface area contributed by atoms with Crippen LogP contribution in [0.15, 0.2) is 24.3 Å². The molecule has 1 saturated heterocycles. The summed E-state index contributed by atoms with van der Waals surface area (Å²) in [6.45, 7) is 4.08. The lowest BCUT2D eigenvalue weighted by molar-refractivity contribution is 0.170. The number of hydrogen-bond donors (Lipinski definition) is 1. The molecule has 1 fully saturated rings. The highest BCUT2D eigenvalue weighted by Crippen LogP contribution is 2.29. The van der Waals surface area contributed by atoms with Crippen molar-refractivity contribution in [1.82, 2.24) is 10.2 Å². The van der Waals surface area contributed by atoms with Crippen LogP contribution in [-0.4, -0.2) is 24.0 Å². The molecular formula is C18H26N2O. The molecule has 3 heteroatoms. The van der Waals surface area contributed by atoms with E-state index in [1.54, 1.807) is 0 Å². The molecule has 1 heterocycles. The standard InChI is InChI=1S/C18H26N2O/c1-14-10-12-20(13-11-14)18(21)19-17-9-5-3-7-15-6-2-4-8-16(15)17/h2,4,6,8,14,17H,3,5,7,9-13H2,1H3,(H,19,21). The average Bonchev–Trinajstić information content (AvgIpc) is 2.71. The first-order valence-electron chi connectivity index (χ1n) is 8.37. The van der Waals surface area contributed by atoms with Gasteiger partial charge >= 0.3 is 6.03 Å². The van der Waals surface area contributed by atoms with Crippen LogP contribution in [0.1, 0.15) is 56.2 Å². The summed E-state index contributed by atoms with van der Waals surface area (Å²) < 4.78 is 0. The van der Waals surface area contributed by atoms with Gasteiger partial charge in [0.15, 0.2) is 0 Å². The number of carbonyl (C=O) groups excluding carboxylic acids is 1. The topological polar surface area (TPSA) is 32.3 Å². The number of hydrogen-bond acceptors (Lipinski definition) is 1. The predicted octanol–water partition coefficient (Wildman–Crippen LogP) is 3.90. The molecule has 1 aromatic rings. The summed E-state index contributed by atoms with van der Waals surface area (Å²) in [5, 5.41) is 3.29. The number of nitrogens with zero attached hydrogens (tertiary/aromatic N) is 1. The number of benzene rings is 1. The summed E-state index contributed by atoms with van der Waals surface area (Å²) >= 11 is 0. The van der Waals surface area contributed by atoms with Crippen LogP contribution in [0, 0.1) is 5.92 Å². The normalized spacial score (nSPS) is 23.3. The lowest BCUT2D eigenvalue weighted by Gasteiger charge is -2.32. The highest BCUT2D eigenvalue weighted by molar-refractivity contribution is 5.75. The van der Waals surface area contributed by atoms with Gasteiger partial charge in [-0.3, -0.25) is 0 Å². The van der Waals surface area contributed by atoms with Crippen molar-refractivity contribution in [2.75, 3.05) is 13.1 Å². The van der Waals surface area contributed by atoms with Crippen molar-refractivity contribution in [3.05, 3.63) is 35.4 Å². The maximum absolute atomic E-state index is 12.5. The van der Waals surface area contributed by atoms with Crippen molar-refractivity contribution < 1.29 is 4.79 Å². The Morgan fingerprint density at radius 2 is 1.90 bits per heavy atom. The second-order valence-corrected chi connectivity index (χ2v) is 6.62. The van der Waals surface area contributed by atoms with Gasteiger partial charge in [-0.1, -0.05) is 37.6 Å². The Morgan fingerprint density at radius 3 is 2.71 bits per heavy atom. The first-order chi connectivity index (χ1) is 10.2. The smallest absolute Gasteiger partial charge is 0.317 e. The number of fused-ring (bicyclic) bond motifs is 1. The number of carbonyl (C=O) groups is 1. The minimum atomic E-state index is 0.128. The van der Waals surface area contributed by atoms with E-state index in [2.05, 4.69) is 36.5 Å². The number of nitrogens with one attached hydrogen (secondary N) is 1. The highest BCUT2D eigenvalue weighted by Gasteiger charge is 2.24. The maximum atomic E-state index is 12.5. The van der Waals surface area contributed by atoms with Gasteiger partial charge in [0, 0.05) is 13.1 Å². The van der Waals surface area contributed by atoms with E-state index in [4.69, 9.17) is 0 Å². The molecule has 0 spiro atoms. The van der Waals surface area contributed by atoms with E-state index in [1.165, 1.54) is 24.0 Å². The van der Waals surface area contributed by atoms with E-state index >= 15 is 0 Å². The van der Waals surface area contributed by atoms with Crippen LogP contribution in [-0.2, 0) is 6.42 Å². The zero-order valence-corrected chi connectivity index (χ0v) is 13.0. The molecule has 1 aliphatic carbocycles. The third kappa shape index (κ3) is 3.39. The monoisotopic (exact) mass is 286 g/mol. The molecule has 114 valence electrons. The molecule has 0 aromatic heterocycles. The molecule has 3 rings (SSSR count). The molecule has 1 aromatic carbocycles. The van der Waals surface area contributed by atoms with E-state index in [0.29, 0.717) is 0 Å². The number of amides is 2. The van der Waals surface area contributed by atoms with E-state index in [0.717, 1.165) is 44.7 Å². The Labute approximate surface area is 127 Å². The molecule has 1 unspecified atom stereocenters. The van der Waals surface area contributed by atoms with Gasteiger partial charge in [-0.05, 0) is 49.1 Å². The molecule has 1 atom stereocenters. The predicted molar refractivity (Wildman–Crippen MR) is 85.2 cm³/mol. The minimum absolute atomic E-state index is 0.128. The third-order valence-electron chi connectivity index (χ3n) is 4.99. The molecule has 1 N–H and O–H groups in total. The van der Waals surface area contributed by atoms with Crippen LogP contribution in [0.25, 0.3) is 0 Å². The SMILES string of the molecule is CC1CCN(C(=O)NC2CCCCc3ccccc32)CC1. The first-order valence-corrected chi connectivity index (χ1v) is 8.37. The van der Waals surface area contributed by atoms with Gasteiger partial charge in [0.1, 0.15) is 0 Å². The van der Waals surface area contributed by atoms with E-state index in [1.807, 2.05) is 4.90 Å². The quantitative estimate of drug-likeness (QED) is 0.780. The minimum Gasteiger partial charge on any atom is -0.331 e. The van der Waals surface area contributed by atoms with E-state index < -0.39 is 0 Å². The van der Waals surface area contributed by atoms with Crippen molar-refractivity contribution in [1.29, 1.82) is 0 Å². The Morgan fingerprint density at radius 1 is 1.14 bits per heavy atom. The van der Waals surface area contributed by atoms with Gasteiger partial charge in [-0.25, -0.2) is 4.79 Å². The molecule has 2 aliphatic rings. The van der Waals surface area contributed by atoms with Gasteiger partial charge in [0.2, 0.25) is 0 Å². The van der Waals surface area contributed by atoms with Crippen LogP contribution in [0.5, 0.6) is 0 Å². The van der Waals surface area contributed by atoms with E-state index in [9.17, 15) is 4.79 Å². The second kappa shape index (κ2) is 6.50. The van der Waals surface area contributed by atoms with Crippen LogP contribution in [0.2, 0.25) is 0 Å². The Hall–Kier alpha value is -1.51. The molecule has 3 nitrogen and oxygen atoms in total. The fraction of sp³-hybridized carbons (Fsp3) is 0.611. The first kappa shape index (κ1) is 14.4. The number of piperidine rings is 1. The van der Waals surface area contributed by atoms with Crippen LogP contribution in [0.4, 0.5) is 4.79 Å². The number of aryl methyl sites for hydroxylation is 1. The third-order valence-corrected chi connectivity index (χ3v) is 4.99. The summed E-state index contributed by atoms with van der Waals surface area (Å²) in [4.78, 5) is 14.5. The van der Waals surface area contributed by atoms with Crippen molar-refractivity contribution in [3.8, 4) is 0 Å². The lowest BCUT2D eigenvalue weighted by atomic mass is 9.98. The summed E-state index contributed by atoms with van der Waals surface area (Å²) in [5.41, 5.74) is 2.74. The van der Waals surface area contributed by atoms with Gasteiger partial charge in [-0.2, -0.15) is 0 Å². The number of urea groups is 1. The maximum Gasteiger partial charge on any atom is 0.317 e. The van der Waals surface area contributed by atoms with Gasteiger partial charge < -0.3 is 10.2 Å². The second-order valence-electron chi connectivity index (χ2n) is 6.62. The molecular weight excluding hydrogens is 260 g/mol. The number of rotatable bonds is 1. The van der Waals surface area contributed by atoms with Gasteiger partial charge in [-0.15, -0.1) is 0 Å². The van der Waals surface area contributed by atoms with Crippen molar-refractivity contribution in [2.45, 2.75) is 51.5 Å². The van der Waals surface area contributed by atoms with Crippen LogP contribution >= 0.6 is 0 Å². The molecule has 0 saturated carbocycles. The lowest BCUT2D eigenvalue weighted by Crippen LogP contribution is -2.45. The molecule has 0 bridgehead atoms. The Bertz CT molecular complexity index is 492. The largest absolute Gasteiger partial charge is 0.331 e. The van der Waals surface area contributed by atoms with Crippen molar-refractivity contribution in [2.24, 2.45) is 5.92 Å². The molecule has 2 amide bonds. The van der Waals surface area contributed by atoms with Crippen LogP contribution in [0.3, 0.4) is 0 Å². The molecule has 21 heavy (non-hydrogen) atoms. The van der Waals surface area contributed by atoms with Gasteiger partial charge in [0.25, 0.3) is 0 Å². The van der Waals surface area contributed by atoms with Crippen molar-refractivity contribution >= 4 is 6.03 Å². The zero-order valence-electron chi connectivity index (χ0n) is 13.0. The summed E-state index contributed by atoms with van der Waals surface area (Å²) in [6, 6.07) is 8.91. The Balaban J connectivity index is 1.68. The Kier molecular flexibility index (Phi) is 4.47. The highest BCUT2D eigenvalue weighted by atomic mass is 16.2. The van der Waals surface area contributed by atoms with E-state index in [-0.39, 0.29) is 12.1 Å². The molecule has 0 radical (unpaired) electrons. The zero-order chi connectivity index (χ0) is 14.7. The summed E-state index contributed by atoms with van der Waals surface area (Å²) in [6.07, 6.45) is 6.89. The summed E-state index contributed by atoms with van der Waals surface area (Å²) in [5.74, 6) is 0.757. The fourth-order valence-electron chi connectivity index (χ4n) is 3.52. The average molecular weight is 286 g/mol. The summed E-state index contributed by atoms with van der Waals surface area (Å²) in [7, 11) is 0. The van der Waals surface area contributed by atoms with Crippen molar-refractivity contribution in [3.63, 3.8) is 0 Å². The fourth-order valence-corrected chi connectivity index (χ4v) is 3.52.